The predicted octanol–water partition coefficient (Wildman–Crippen LogP) is 2.37. The van der Waals surface area contributed by atoms with Gasteiger partial charge in [-0.15, -0.1) is 0 Å². The summed E-state index contributed by atoms with van der Waals surface area (Å²) in [6.07, 6.45) is 0.511. The molecule has 0 radical (unpaired) electrons. The summed E-state index contributed by atoms with van der Waals surface area (Å²) >= 11 is 0. The van der Waals surface area contributed by atoms with Crippen molar-refractivity contribution in [2.24, 2.45) is 5.41 Å². The Morgan fingerprint density at radius 2 is 2.24 bits per heavy atom. The number of ether oxygens (including phenoxy) is 1. The van der Waals surface area contributed by atoms with E-state index < -0.39 is 11.4 Å². The van der Waals surface area contributed by atoms with Crippen LogP contribution in [0.15, 0.2) is 24.3 Å². The molecule has 1 aromatic rings. The molecule has 0 heterocycles. The zero-order valence-corrected chi connectivity index (χ0v) is 10.1. The van der Waals surface area contributed by atoms with Gasteiger partial charge in [0, 0.05) is 5.69 Å². The lowest BCUT2D eigenvalue weighted by Gasteiger charge is -2.14. The molecule has 0 aromatic heterocycles. The summed E-state index contributed by atoms with van der Waals surface area (Å²) in [7, 11) is 0. The van der Waals surface area contributed by atoms with Crippen LogP contribution < -0.4 is 5.73 Å². The molecular formula is C13H16N2O2. The summed E-state index contributed by atoms with van der Waals surface area (Å²) in [4.78, 5) is 11.6. The van der Waals surface area contributed by atoms with Crippen LogP contribution in [0.4, 0.5) is 5.69 Å². The Morgan fingerprint density at radius 1 is 1.53 bits per heavy atom. The largest absolute Gasteiger partial charge is 0.462 e. The summed E-state index contributed by atoms with van der Waals surface area (Å²) in [5.41, 5.74) is 6.04. The predicted molar refractivity (Wildman–Crippen MR) is 65.1 cm³/mol. The fourth-order valence-electron chi connectivity index (χ4n) is 1.20. The third-order valence-electron chi connectivity index (χ3n) is 2.39. The van der Waals surface area contributed by atoms with E-state index in [-0.39, 0.29) is 6.61 Å². The molecule has 0 unspecified atom stereocenters. The number of nitriles is 1. The zero-order chi connectivity index (χ0) is 12.9. The number of carbonyl (C=O) groups excluding carboxylic acids is 1. The van der Waals surface area contributed by atoms with E-state index >= 15 is 0 Å². The Kier molecular flexibility index (Phi) is 4.11. The maximum atomic E-state index is 11.6. The molecule has 4 heteroatoms. The Bertz CT molecular complexity index is 447. The average Bonchev–Trinajstić information content (AvgIpc) is 2.28. The number of benzene rings is 1. The van der Waals surface area contributed by atoms with Gasteiger partial charge in [0.1, 0.15) is 0 Å². The smallest absolute Gasteiger partial charge is 0.338 e. The molecular weight excluding hydrogens is 216 g/mol. The van der Waals surface area contributed by atoms with Gasteiger partial charge in [-0.2, -0.15) is 5.26 Å². The third kappa shape index (κ3) is 4.15. The van der Waals surface area contributed by atoms with Gasteiger partial charge in [-0.1, -0.05) is 6.07 Å². The Labute approximate surface area is 101 Å². The second-order valence-electron chi connectivity index (χ2n) is 4.51. The van der Waals surface area contributed by atoms with Gasteiger partial charge >= 0.3 is 5.97 Å². The van der Waals surface area contributed by atoms with Crippen LogP contribution in [0, 0.1) is 16.7 Å². The van der Waals surface area contributed by atoms with E-state index in [0.29, 0.717) is 17.7 Å². The van der Waals surface area contributed by atoms with Crippen molar-refractivity contribution in [2.75, 3.05) is 12.3 Å². The molecule has 90 valence electrons. The monoisotopic (exact) mass is 232 g/mol. The number of carbonyl (C=O) groups is 1. The molecule has 0 spiro atoms. The van der Waals surface area contributed by atoms with Crippen molar-refractivity contribution in [3.63, 3.8) is 0 Å². The maximum absolute atomic E-state index is 11.6. The van der Waals surface area contributed by atoms with Gasteiger partial charge in [0.25, 0.3) is 0 Å². The van der Waals surface area contributed by atoms with Crippen LogP contribution in [0.3, 0.4) is 0 Å². The minimum absolute atomic E-state index is 0.230. The molecule has 0 atom stereocenters. The molecule has 0 aliphatic rings. The van der Waals surface area contributed by atoms with Crippen molar-refractivity contribution in [1.82, 2.24) is 0 Å². The fourth-order valence-corrected chi connectivity index (χ4v) is 1.20. The first-order valence-corrected chi connectivity index (χ1v) is 5.38. The van der Waals surface area contributed by atoms with E-state index in [0.717, 1.165) is 0 Å². The van der Waals surface area contributed by atoms with Crippen molar-refractivity contribution < 1.29 is 9.53 Å². The lowest BCUT2D eigenvalue weighted by atomic mass is 9.92. The third-order valence-corrected chi connectivity index (χ3v) is 2.39. The van der Waals surface area contributed by atoms with E-state index in [2.05, 4.69) is 6.07 Å². The number of rotatable bonds is 4. The van der Waals surface area contributed by atoms with Gasteiger partial charge in [-0.05, 0) is 38.5 Å². The van der Waals surface area contributed by atoms with Gasteiger partial charge < -0.3 is 10.5 Å². The first-order valence-electron chi connectivity index (χ1n) is 5.38. The van der Waals surface area contributed by atoms with Gasteiger partial charge in [-0.3, -0.25) is 0 Å². The minimum atomic E-state index is -0.476. The van der Waals surface area contributed by atoms with Crippen LogP contribution in [0.25, 0.3) is 0 Å². The molecule has 0 amide bonds. The molecule has 0 bridgehead atoms. The lowest BCUT2D eigenvalue weighted by molar-refractivity contribution is 0.0475. The highest BCUT2D eigenvalue weighted by Crippen LogP contribution is 2.18. The Morgan fingerprint density at radius 3 is 2.82 bits per heavy atom. The van der Waals surface area contributed by atoms with Gasteiger partial charge in [-0.25, -0.2) is 4.79 Å². The minimum Gasteiger partial charge on any atom is -0.462 e. The lowest BCUT2D eigenvalue weighted by Crippen LogP contribution is -2.14. The number of nitrogen functional groups attached to an aromatic ring is 1. The fraction of sp³-hybridized carbons (Fsp3) is 0.385. The molecule has 17 heavy (non-hydrogen) atoms. The van der Waals surface area contributed by atoms with Crippen molar-refractivity contribution in [3.8, 4) is 6.07 Å². The van der Waals surface area contributed by atoms with Crippen molar-refractivity contribution in [2.45, 2.75) is 20.3 Å². The van der Waals surface area contributed by atoms with Crippen molar-refractivity contribution >= 4 is 11.7 Å². The van der Waals surface area contributed by atoms with Crippen LogP contribution in [0.2, 0.25) is 0 Å². The van der Waals surface area contributed by atoms with Crippen LogP contribution in [0.1, 0.15) is 30.6 Å². The standard InChI is InChI=1S/C13H16N2O2/c1-13(2,9-14)6-7-17-12(16)10-4-3-5-11(15)8-10/h3-5,8H,6-7,15H2,1-2H3. The van der Waals surface area contributed by atoms with Crippen LogP contribution in [0.5, 0.6) is 0 Å². The van der Waals surface area contributed by atoms with Crippen LogP contribution in [-0.2, 0) is 4.74 Å². The molecule has 0 aliphatic heterocycles. The number of hydrogen-bond acceptors (Lipinski definition) is 4. The highest BCUT2D eigenvalue weighted by atomic mass is 16.5. The molecule has 2 N–H and O–H groups in total. The van der Waals surface area contributed by atoms with E-state index in [4.69, 9.17) is 15.7 Å². The summed E-state index contributed by atoms with van der Waals surface area (Å²) in [6.45, 7) is 3.84. The topological polar surface area (TPSA) is 76.1 Å². The SMILES string of the molecule is CC(C)(C#N)CCOC(=O)c1cccc(N)c1. The molecule has 0 saturated carbocycles. The van der Waals surface area contributed by atoms with E-state index in [1.165, 1.54) is 0 Å². The van der Waals surface area contributed by atoms with E-state index in [1.54, 1.807) is 38.1 Å². The average molecular weight is 232 g/mol. The molecule has 0 aliphatic carbocycles. The maximum Gasteiger partial charge on any atom is 0.338 e. The first-order chi connectivity index (χ1) is 7.94. The molecule has 1 rings (SSSR count). The Balaban J connectivity index is 2.49. The first kappa shape index (κ1) is 13.0. The summed E-state index contributed by atoms with van der Waals surface area (Å²) in [5.74, 6) is -0.411. The number of anilines is 1. The number of nitrogens with zero attached hydrogens (tertiary/aromatic N) is 1. The second kappa shape index (κ2) is 5.35. The van der Waals surface area contributed by atoms with Gasteiger partial charge in [0.05, 0.1) is 23.7 Å². The summed E-state index contributed by atoms with van der Waals surface area (Å²) < 4.78 is 5.08. The van der Waals surface area contributed by atoms with Crippen LogP contribution in [-0.4, -0.2) is 12.6 Å². The zero-order valence-electron chi connectivity index (χ0n) is 10.1. The summed E-state index contributed by atoms with van der Waals surface area (Å²) in [6, 6.07) is 8.77. The molecule has 0 fully saturated rings. The quantitative estimate of drug-likeness (QED) is 0.638. The number of nitrogens with two attached hydrogens (primary N) is 1. The molecule has 1 aromatic carbocycles. The van der Waals surface area contributed by atoms with Crippen molar-refractivity contribution in [3.05, 3.63) is 29.8 Å². The van der Waals surface area contributed by atoms with Crippen molar-refractivity contribution in [1.29, 1.82) is 5.26 Å². The molecule has 4 nitrogen and oxygen atoms in total. The Hall–Kier alpha value is -2.02. The summed E-state index contributed by atoms with van der Waals surface area (Å²) in [5, 5.41) is 8.81. The normalized spacial score (nSPS) is 10.6. The van der Waals surface area contributed by atoms with Crippen LogP contribution >= 0.6 is 0 Å². The van der Waals surface area contributed by atoms with E-state index in [1.807, 2.05) is 0 Å². The highest BCUT2D eigenvalue weighted by Gasteiger charge is 2.17. The van der Waals surface area contributed by atoms with E-state index in [9.17, 15) is 4.79 Å². The van der Waals surface area contributed by atoms with Gasteiger partial charge in [0.2, 0.25) is 0 Å². The number of hydrogen-bond donors (Lipinski definition) is 1. The molecule has 0 saturated heterocycles. The second-order valence-corrected chi connectivity index (χ2v) is 4.51. The highest BCUT2D eigenvalue weighted by molar-refractivity contribution is 5.90. The van der Waals surface area contributed by atoms with Gasteiger partial charge in [0.15, 0.2) is 0 Å². The number of esters is 1.